The highest BCUT2D eigenvalue weighted by Gasteiger charge is 2.11. The van der Waals surface area contributed by atoms with Crippen molar-refractivity contribution in [3.63, 3.8) is 0 Å². The lowest BCUT2D eigenvalue weighted by Gasteiger charge is -2.16. The second kappa shape index (κ2) is 7.37. The minimum atomic E-state index is 0.186. The molecular weight excluding hydrogens is 329 g/mol. The number of benzene rings is 2. The molecular formula is C16H16Cl3NO. The molecule has 21 heavy (non-hydrogen) atoms. The van der Waals surface area contributed by atoms with Gasteiger partial charge in [0.15, 0.2) is 0 Å². The van der Waals surface area contributed by atoms with Crippen LogP contribution in [0.2, 0.25) is 15.1 Å². The minimum Gasteiger partial charge on any atom is -0.456 e. The van der Waals surface area contributed by atoms with E-state index < -0.39 is 0 Å². The second-order valence-corrected chi connectivity index (χ2v) is 5.81. The van der Waals surface area contributed by atoms with Crippen molar-refractivity contribution in [1.29, 1.82) is 0 Å². The maximum absolute atomic E-state index is 6.32. The van der Waals surface area contributed by atoms with E-state index in [0.29, 0.717) is 26.6 Å². The van der Waals surface area contributed by atoms with E-state index in [1.165, 1.54) is 0 Å². The van der Waals surface area contributed by atoms with Gasteiger partial charge in [0.05, 0.1) is 5.02 Å². The lowest BCUT2D eigenvalue weighted by atomic mass is 10.1. The van der Waals surface area contributed by atoms with Crippen molar-refractivity contribution < 1.29 is 4.74 Å². The Balaban J connectivity index is 2.22. The molecule has 112 valence electrons. The molecule has 0 amide bonds. The van der Waals surface area contributed by atoms with Crippen molar-refractivity contribution in [3.05, 3.63) is 57.0 Å². The summed E-state index contributed by atoms with van der Waals surface area (Å²) in [6, 6.07) is 11.0. The summed E-state index contributed by atoms with van der Waals surface area (Å²) in [7, 11) is 0. The number of halogens is 3. The van der Waals surface area contributed by atoms with E-state index in [2.05, 4.69) is 19.2 Å². The Hall–Kier alpha value is -0.930. The monoisotopic (exact) mass is 343 g/mol. The molecule has 0 radical (unpaired) electrons. The maximum atomic E-state index is 6.32. The van der Waals surface area contributed by atoms with E-state index in [1.807, 2.05) is 12.1 Å². The average Bonchev–Trinajstić information content (AvgIpc) is 2.44. The summed E-state index contributed by atoms with van der Waals surface area (Å²) in [5.41, 5.74) is 1.03. The van der Waals surface area contributed by atoms with Crippen molar-refractivity contribution in [3.8, 4) is 11.5 Å². The van der Waals surface area contributed by atoms with E-state index >= 15 is 0 Å². The van der Waals surface area contributed by atoms with Gasteiger partial charge in [-0.05, 0) is 43.3 Å². The van der Waals surface area contributed by atoms with Gasteiger partial charge in [0.2, 0.25) is 0 Å². The molecule has 1 N–H and O–H groups in total. The van der Waals surface area contributed by atoms with Gasteiger partial charge in [-0.25, -0.2) is 0 Å². The molecule has 2 aromatic rings. The zero-order valence-corrected chi connectivity index (χ0v) is 14.1. The van der Waals surface area contributed by atoms with Gasteiger partial charge >= 0.3 is 0 Å². The zero-order valence-electron chi connectivity index (χ0n) is 11.8. The predicted octanol–water partition coefficient (Wildman–Crippen LogP) is 6.11. The summed E-state index contributed by atoms with van der Waals surface area (Å²) in [4.78, 5) is 0. The van der Waals surface area contributed by atoms with Crippen molar-refractivity contribution in [2.24, 2.45) is 0 Å². The molecule has 2 nitrogen and oxygen atoms in total. The molecule has 5 heteroatoms. The van der Waals surface area contributed by atoms with Gasteiger partial charge in [-0.1, -0.05) is 53.9 Å². The number of rotatable bonds is 5. The SMILES string of the molecule is CCNC(C)c1ccc(Oc2cccc(Cl)c2Cl)cc1Cl. The van der Waals surface area contributed by atoms with Gasteiger partial charge in [0.1, 0.15) is 16.5 Å². The van der Waals surface area contributed by atoms with E-state index in [-0.39, 0.29) is 6.04 Å². The molecule has 0 aliphatic carbocycles. The fourth-order valence-electron chi connectivity index (χ4n) is 2.03. The summed E-state index contributed by atoms with van der Waals surface area (Å²) >= 11 is 18.4. The Bertz CT molecular complexity index is 631. The van der Waals surface area contributed by atoms with Crippen LogP contribution < -0.4 is 10.1 Å². The summed E-state index contributed by atoms with van der Waals surface area (Å²) in [5.74, 6) is 1.13. The first-order chi connectivity index (χ1) is 10.0. The number of hydrogen-bond donors (Lipinski definition) is 1. The molecule has 0 bridgehead atoms. The van der Waals surface area contributed by atoms with Crippen LogP contribution in [0.4, 0.5) is 0 Å². The van der Waals surface area contributed by atoms with E-state index in [0.717, 1.165) is 12.1 Å². The Morgan fingerprint density at radius 2 is 1.86 bits per heavy atom. The first-order valence-electron chi connectivity index (χ1n) is 6.67. The Labute approximate surface area is 140 Å². The van der Waals surface area contributed by atoms with Gasteiger partial charge in [-0.15, -0.1) is 0 Å². The van der Waals surface area contributed by atoms with Crippen LogP contribution in [0.3, 0.4) is 0 Å². The molecule has 2 rings (SSSR count). The number of nitrogens with one attached hydrogen (secondary N) is 1. The summed E-state index contributed by atoms with van der Waals surface area (Å²) in [6.45, 7) is 5.01. The van der Waals surface area contributed by atoms with Crippen molar-refractivity contribution in [1.82, 2.24) is 5.32 Å². The first kappa shape index (κ1) is 16.4. The quantitative estimate of drug-likeness (QED) is 0.706. The zero-order chi connectivity index (χ0) is 15.4. The lowest BCUT2D eigenvalue weighted by Crippen LogP contribution is -2.17. The molecule has 0 aromatic heterocycles. The minimum absolute atomic E-state index is 0.186. The van der Waals surface area contributed by atoms with Crippen LogP contribution in [-0.4, -0.2) is 6.54 Å². The Morgan fingerprint density at radius 1 is 1.10 bits per heavy atom. The largest absolute Gasteiger partial charge is 0.456 e. The molecule has 0 saturated heterocycles. The third kappa shape index (κ3) is 4.04. The lowest BCUT2D eigenvalue weighted by molar-refractivity contribution is 0.482. The van der Waals surface area contributed by atoms with Crippen LogP contribution in [0.1, 0.15) is 25.5 Å². The Kier molecular flexibility index (Phi) is 5.77. The molecule has 2 aromatic carbocycles. The third-order valence-electron chi connectivity index (χ3n) is 3.09. The van der Waals surface area contributed by atoms with Gasteiger partial charge in [-0.2, -0.15) is 0 Å². The van der Waals surface area contributed by atoms with Gasteiger partial charge in [-0.3, -0.25) is 0 Å². The first-order valence-corrected chi connectivity index (χ1v) is 7.81. The molecule has 0 aliphatic heterocycles. The van der Waals surface area contributed by atoms with Crippen LogP contribution in [0, 0.1) is 0 Å². The van der Waals surface area contributed by atoms with Crippen LogP contribution in [0.25, 0.3) is 0 Å². The molecule has 0 fully saturated rings. The van der Waals surface area contributed by atoms with Crippen molar-refractivity contribution in [2.45, 2.75) is 19.9 Å². The highest BCUT2D eigenvalue weighted by atomic mass is 35.5. The summed E-state index contributed by atoms with van der Waals surface area (Å²) in [6.07, 6.45) is 0. The second-order valence-electron chi connectivity index (χ2n) is 4.62. The highest BCUT2D eigenvalue weighted by molar-refractivity contribution is 6.42. The smallest absolute Gasteiger partial charge is 0.147 e. The molecule has 0 spiro atoms. The number of hydrogen-bond acceptors (Lipinski definition) is 2. The van der Waals surface area contributed by atoms with Crippen molar-refractivity contribution >= 4 is 34.8 Å². The van der Waals surface area contributed by atoms with Crippen LogP contribution in [0.15, 0.2) is 36.4 Å². The average molecular weight is 345 g/mol. The van der Waals surface area contributed by atoms with Crippen LogP contribution in [-0.2, 0) is 0 Å². The van der Waals surface area contributed by atoms with Gasteiger partial charge in [0.25, 0.3) is 0 Å². The predicted molar refractivity (Wildman–Crippen MR) is 90.1 cm³/mol. The fourth-order valence-corrected chi connectivity index (χ4v) is 2.69. The van der Waals surface area contributed by atoms with Gasteiger partial charge < -0.3 is 10.1 Å². The van der Waals surface area contributed by atoms with Crippen molar-refractivity contribution in [2.75, 3.05) is 6.54 Å². The molecule has 0 saturated carbocycles. The van der Waals surface area contributed by atoms with Crippen LogP contribution in [0.5, 0.6) is 11.5 Å². The molecule has 0 aliphatic rings. The third-order valence-corrected chi connectivity index (χ3v) is 4.22. The highest BCUT2D eigenvalue weighted by Crippen LogP contribution is 2.36. The van der Waals surface area contributed by atoms with E-state index in [9.17, 15) is 0 Å². The van der Waals surface area contributed by atoms with E-state index in [1.54, 1.807) is 24.3 Å². The standard InChI is InChI=1S/C16H16Cl3NO/c1-3-20-10(2)12-8-7-11(9-14(12)18)21-15-6-4-5-13(17)16(15)19/h4-10,20H,3H2,1-2H3. The molecule has 1 atom stereocenters. The topological polar surface area (TPSA) is 21.3 Å². The van der Waals surface area contributed by atoms with Crippen LogP contribution >= 0.6 is 34.8 Å². The molecule has 1 unspecified atom stereocenters. The maximum Gasteiger partial charge on any atom is 0.147 e. The summed E-state index contributed by atoms with van der Waals surface area (Å²) in [5, 5.41) is 4.82. The Morgan fingerprint density at radius 3 is 2.52 bits per heavy atom. The fraction of sp³-hybridized carbons (Fsp3) is 0.250. The normalized spacial score (nSPS) is 12.2. The summed E-state index contributed by atoms with van der Waals surface area (Å²) < 4.78 is 5.74. The number of ether oxygens (including phenoxy) is 1. The van der Waals surface area contributed by atoms with E-state index in [4.69, 9.17) is 39.5 Å². The molecule has 0 heterocycles. The van der Waals surface area contributed by atoms with Gasteiger partial charge in [0, 0.05) is 11.1 Å².